The Labute approximate surface area is 107 Å². The molecule has 0 spiro atoms. The highest BCUT2D eigenvalue weighted by Crippen LogP contribution is 2.11. The van der Waals surface area contributed by atoms with Gasteiger partial charge in [0, 0.05) is 23.8 Å². The van der Waals surface area contributed by atoms with Gasteiger partial charge in [-0.25, -0.2) is 4.98 Å². The van der Waals surface area contributed by atoms with Crippen molar-refractivity contribution in [2.75, 3.05) is 11.9 Å². The van der Waals surface area contributed by atoms with Gasteiger partial charge in [0.1, 0.15) is 0 Å². The van der Waals surface area contributed by atoms with Crippen LogP contribution in [0.2, 0.25) is 0 Å². The van der Waals surface area contributed by atoms with Crippen molar-refractivity contribution in [1.82, 2.24) is 9.97 Å². The highest BCUT2D eigenvalue weighted by Gasteiger charge is 2.09. The zero-order valence-corrected chi connectivity index (χ0v) is 10.4. The number of hydrogen-bond donors (Lipinski definition) is 2. The van der Waals surface area contributed by atoms with E-state index in [0.29, 0.717) is 10.8 Å². The summed E-state index contributed by atoms with van der Waals surface area (Å²) in [6, 6.07) is 1.35. The molecule has 0 radical (unpaired) electrons. The molecule has 6 nitrogen and oxygen atoms in total. The zero-order valence-electron chi connectivity index (χ0n) is 9.60. The maximum Gasteiger partial charge on any atom is 0.264 e. The molecule has 0 saturated carbocycles. The molecule has 2 N–H and O–H groups in total. The molecule has 2 rings (SSSR count). The number of carbonyl (C=O) groups excluding carboxylic acids is 1. The molecule has 0 bridgehead atoms. The van der Waals surface area contributed by atoms with Crippen LogP contribution in [0, 0.1) is 6.92 Å². The smallest absolute Gasteiger partial charge is 0.264 e. The molecule has 2 aromatic heterocycles. The third-order valence-electron chi connectivity index (χ3n) is 2.13. The number of thiazole rings is 1. The van der Waals surface area contributed by atoms with Gasteiger partial charge in [-0.15, -0.1) is 11.3 Å². The standard InChI is InChI=1S/C11H11N3O3S/c1-7-10(8(15)2-3-12-7)17-6-9(16)14-11-13-4-5-18-11/h2-5H,6H2,1H3,(H,12,15)(H,13,14,16). The highest BCUT2D eigenvalue weighted by atomic mass is 32.1. The number of amides is 1. The van der Waals surface area contributed by atoms with Crippen molar-refractivity contribution in [2.45, 2.75) is 6.92 Å². The predicted octanol–water partition coefficient (Wildman–Crippen LogP) is 1.16. The maximum atomic E-state index is 11.5. The lowest BCUT2D eigenvalue weighted by atomic mass is 10.3. The van der Waals surface area contributed by atoms with E-state index in [-0.39, 0.29) is 23.7 Å². The van der Waals surface area contributed by atoms with Gasteiger partial charge in [0.15, 0.2) is 17.5 Å². The van der Waals surface area contributed by atoms with E-state index in [4.69, 9.17) is 4.74 Å². The molecular formula is C11H11N3O3S. The summed E-state index contributed by atoms with van der Waals surface area (Å²) in [5.41, 5.74) is 0.331. The molecule has 0 unspecified atom stereocenters. The SMILES string of the molecule is Cc1[nH]ccc(=O)c1OCC(=O)Nc1nccs1. The van der Waals surface area contributed by atoms with E-state index < -0.39 is 0 Å². The minimum Gasteiger partial charge on any atom is -0.478 e. The summed E-state index contributed by atoms with van der Waals surface area (Å²) in [6.45, 7) is 1.48. The Morgan fingerprint density at radius 1 is 1.61 bits per heavy atom. The monoisotopic (exact) mass is 265 g/mol. The van der Waals surface area contributed by atoms with Crippen LogP contribution in [-0.4, -0.2) is 22.5 Å². The van der Waals surface area contributed by atoms with Crippen molar-refractivity contribution >= 4 is 22.4 Å². The van der Waals surface area contributed by atoms with Gasteiger partial charge >= 0.3 is 0 Å². The Balaban J connectivity index is 1.95. The van der Waals surface area contributed by atoms with Gasteiger partial charge in [-0.05, 0) is 6.92 Å². The molecule has 0 aliphatic carbocycles. The van der Waals surface area contributed by atoms with E-state index in [1.807, 2.05) is 0 Å². The molecule has 94 valence electrons. The molecule has 0 aliphatic heterocycles. The average molecular weight is 265 g/mol. The number of hydrogen-bond acceptors (Lipinski definition) is 5. The van der Waals surface area contributed by atoms with Gasteiger partial charge in [-0.2, -0.15) is 0 Å². The van der Waals surface area contributed by atoms with Crippen molar-refractivity contribution < 1.29 is 9.53 Å². The third kappa shape index (κ3) is 2.95. The lowest BCUT2D eigenvalue weighted by Crippen LogP contribution is -2.22. The van der Waals surface area contributed by atoms with Crippen LogP contribution in [0.15, 0.2) is 28.6 Å². The summed E-state index contributed by atoms with van der Waals surface area (Å²) in [6.07, 6.45) is 3.12. The van der Waals surface area contributed by atoms with Crippen molar-refractivity contribution in [1.29, 1.82) is 0 Å². The van der Waals surface area contributed by atoms with E-state index in [1.54, 1.807) is 18.5 Å². The number of rotatable bonds is 4. The summed E-state index contributed by atoms with van der Waals surface area (Å²) >= 11 is 1.31. The number of nitrogens with one attached hydrogen (secondary N) is 2. The van der Waals surface area contributed by atoms with Gasteiger partial charge in [0.05, 0.1) is 5.69 Å². The first kappa shape index (κ1) is 12.3. The lowest BCUT2D eigenvalue weighted by Gasteiger charge is -2.07. The Hall–Kier alpha value is -2.15. The molecule has 0 fully saturated rings. The molecule has 2 aromatic rings. The number of pyridine rings is 1. The largest absolute Gasteiger partial charge is 0.478 e. The Kier molecular flexibility index (Phi) is 3.73. The zero-order chi connectivity index (χ0) is 13.0. The number of aryl methyl sites for hydroxylation is 1. The van der Waals surface area contributed by atoms with Crippen LogP contribution < -0.4 is 15.5 Å². The van der Waals surface area contributed by atoms with Gasteiger partial charge in [-0.1, -0.05) is 0 Å². The van der Waals surface area contributed by atoms with Crippen LogP contribution in [-0.2, 0) is 4.79 Å². The van der Waals surface area contributed by atoms with Crippen molar-refractivity contribution in [3.8, 4) is 5.75 Å². The third-order valence-corrected chi connectivity index (χ3v) is 2.81. The Bertz CT molecular complexity index is 592. The molecule has 0 aliphatic rings. The van der Waals surface area contributed by atoms with Crippen LogP contribution in [0.5, 0.6) is 5.75 Å². The quantitative estimate of drug-likeness (QED) is 0.868. The van der Waals surface area contributed by atoms with Crippen molar-refractivity contribution in [3.63, 3.8) is 0 Å². The van der Waals surface area contributed by atoms with E-state index in [2.05, 4.69) is 15.3 Å². The van der Waals surface area contributed by atoms with E-state index in [1.165, 1.54) is 23.6 Å². The number of aromatic nitrogens is 2. The second-order valence-electron chi connectivity index (χ2n) is 3.47. The fraction of sp³-hybridized carbons (Fsp3) is 0.182. The van der Waals surface area contributed by atoms with Gasteiger partial charge in [-0.3, -0.25) is 14.9 Å². The van der Waals surface area contributed by atoms with Crippen LogP contribution in [0.4, 0.5) is 5.13 Å². The molecule has 0 aromatic carbocycles. The second kappa shape index (κ2) is 5.46. The lowest BCUT2D eigenvalue weighted by molar-refractivity contribution is -0.118. The van der Waals surface area contributed by atoms with Crippen LogP contribution in [0.25, 0.3) is 0 Å². The second-order valence-corrected chi connectivity index (χ2v) is 4.36. The van der Waals surface area contributed by atoms with Crippen LogP contribution in [0.1, 0.15) is 5.69 Å². The maximum absolute atomic E-state index is 11.5. The number of H-pyrrole nitrogens is 1. The van der Waals surface area contributed by atoms with Crippen LogP contribution in [0.3, 0.4) is 0 Å². The molecular weight excluding hydrogens is 254 g/mol. The van der Waals surface area contributed by atoms with E-state index >= 15 is 0 Å². The number of nitrogens with zero attached hydrogens (tertiary/aromatic N) is 1. The van der Waals surface area contributed by atoms with E-state index in [9.17, 15) is 9.59 Å². The first-order valence-corrected chi connectivity index (χ1v) is 6.05. The number of anilines is 1. The fourth-order valence-corrected chi connectivity index (χ4v) is 1.87. The number of ether oxygens (including phenoxy) is 1. The summed E-state index contributed by atoms with van der Waals surface area (Å²) < 4.78 is 5.20. The van der Waals surface area contributed by atoms with E-state index in [0.717, 1.165) is 0 Å². The highest BCUT2D eigenvalue weighted by molar-refractivity contribution is 7.13. The molecule has 1 amide bonds. The first-order valence-electron chi connectivity index (χ1n) is 5.17. The first-order chi connectivity index (χ1) is 8.66. The summed E-state index contributed by atoms with van der Waals surface area (Å²) in [5, 5.41) is 4.82. The summed E-state index contributed by atoms with van der Waals surface area (Å²) in [4.78, 5) is 29.8. The molecule has 7 heteroatoms. The molecule has 18 heavy (non-hydrogen) atoms. The number of aromatic amines is 1. The molecule has 0 atom stereocenters. The predicted molar refractivity (Wildman–Crippen MR) is 68.0 cm³/mol. The minimum absolute atomic E-state index is 0.159. The molecule has 2 heterocycles. The topological polar surface area (TPSA) is 84.1 Å². The van der Waals surface area contributed by atoms with Crippen LogP contribution >= 0.6 is 11.3 Å². The Morgan fingerprint density at radius 2 is 2.44 bits per heavy atom. The molecule has 0 saturated heterocycles. The van der Waals surface area contributed by atoms with Gasteiger partial charge < -0.3 is 9.72 Å². The average Bonchev–Trinajstić information content (AvgIpc) is 2.81. The Morgan fingerprint density at radius 3 is 3.11 bits per heavy atom. The number of carbonyl (C=O) groups is 1. The minimum atomic E-state index is -0.354. The van der Waals surface area contributed by atoms with Crippen molar-refractivity contribution in [2.24, 2.45) is 0 Å². The summed E-state index contributed by atoms with van der Waals surface area (Å²) in [7, 11) is 0. The van der Waals surface area contributed by atoms with Crippen molar-refractivity contribution in [3.05, 3.63) is 39.8 Å². The fourth-order valence-electron chi connectivity index (χ4n) is 1.33. The summed E-state index contributed by atoms with van der Waals surface area (Å²) in [5.74, 6) is -0.195. The van der Waals surface area contributed by atoms with Gasteiger partial charge in [0.2, 0.25) is 5.43 Å². The normalized spacial score (nSPS) is 10.1. The van der Waals surface area contributed by atoms with Gasteiger partial charge in [0.25, 0.3) is 5.91 Å².